The summed E-state index contributed by atoms with van der Waals surface area (Å²) in [6, 6.07) is 78.3. The SMILES string of the molecule is COc1ccccc1N.COc1ccccc1Nc1cc(C2=NCc3ccc(Nc4cccc(C)c4)cc32)ccn1.COc1ccccc1Nc1cc(C2=NCc3ccc(Nc4cccc(C)c4)cc32)ccn1.Cc1cccc(Nc2ccc3c(c2)C(c2ccnc(F)c2)=NC3)c1.Cl.O=S=O.O=S=O.O=S=O. The fourth-order valence-corrected chi connectivity index (χ4v) is 11.5. The predicted octanol–water partition coefficient (Wildman–Crippen LogP) is 16.8. The number of nitrogens with one attached hydrogen (secondary N) is 5. The number of rotatable bonds is 16. The maximum Gasteiger partial charge on any atom is 0.335 e. The lowest BCUT2D eigenvalue weighted by Gasteiger charge is -2.12. The number of halogens is 2. The zero-order chi connectivity index (χ0) is 75.2. The van der Waals surface area contributed by atoms with Crippen molar-refractivity contribution in [2.24, 2.45) is 15.0 Å². The van der Waals surface area contributed by atoms with E-state index in [0.29, 0.717) is 25.3 Å². The number of benzene rings is 9. The zero-order valence-electron chi connectivity index (χ0n) is 58.8. The molecular formula is C81H74ClFN12O9S3. The van der Waals surface area contributed by atoms with Crippen molar-refractivity contribution in [3.63, 3.8) is 0 Å². The normalized spacial score (nSPS) is 11.2. The molecule has 0 unspecified atom stereocenters. The summed E-state index contributed by atoms with van der Waals surface area (Å²) >= 11 is -2.25. The molecule has 0 bridgehead atoms. The summed E-state index contributed by atoms with van der Waals surface area (Å²) in [7, 11) is 4.93. The highest BCUT2D eigenvalue weighted by Crippen LogP contribution is 2.34. The van der Waals surface area contributed by atoms with Crippen LogP contribution in [0, 0.1) is 26.7 Å². The first-order valence-corrected chi connectivity index (χ1v) is 34.7. The van der Waals surface area contributed by atoms with Crippen molar-refractivity contribution < 1.29 is 43.9 Å². The van der Waals surface area contributed by atoms with Gasteiger partial charge in [0, 0.05) is 92.2 Å². The van der Waals surface area contributed by atoms with E-state index in [1.807, 2.05) is 122 Å². The average molecular weight is 1510 g/mol. The van der Waals surface area contributed by atoms with Gasteiger partial charge >= 0.3 is 34.7 Å². The number of hydrogen-bond donors (Lipinski definition) is 6. The number of methoxy groups -OCH3 is 3. The summed E-state index contributed by atoms with van der Waals surface area (Å²) in [5.74, 6) is 3.29. The van der Waals surface area contributed by atoms with Crippen LogP contribution >= 0.6 is 12.4 Å². The standard InChI is InChI=1S/2C27H24N4O.C20H16FN3.C7H9NO.ClH.3O2S/c2*1-18-6-5-7-21(14-18)30-22-11-10-20-17-29-27(23(20)16-22)19-12-13-28-26(15-19)31-24-8-3-4-9-25(24)32-2;1-13-3-2-4-16(9-13)24-17-6-5-15-12-23-20(18(15)11-17)14-7-8-22-19(21)10-14;1-9-7-5-3-2-4-6(7)8;;3*1-3-2/h2*3-16,30H,17H2,1-2H3,(H,28,31);2-11,24H,12H2,1H3;2-5H,8H2,1H3;1H;;;. The number of aliphatic imine (C=N–C) groups is 3. The lowest BCUT2D eigenvalue weighted by Crippen LogP contribution is -2.04. The molecule has 3 aromatic heterocycles. The Labute approximate surface area is 636 Å². The van der Waals surface area contributed by atoms with Gasteiger partial charge in [0.15, 0.2) is 0 Å². The number of hydrogen-bond acceptors (Lipinski definition) is 21. The van der Waals surface area contributed by atoms with E-state index in [9.17, 15) is 4.39 Å². The van der Waals surface area contributed by atoms with E-state index in [-0.39, 0.29) is 12.4 Å². The van der Waals surface area contributed by atoms with Gasteiger partial charge in [-0.15, -0.1) is 12.4 Å². The molecule has 544 valence electrons. The number of aryl methyl sites for hydroxylation is 3. The first-order chi connectivity index (χ1) is 51.7. The Morgan fingerprint density at radius 3 is 1.00 bits per heavy atom. The van der Waals surface area contributed by atoms with Crippen LogP contribution in [0.5, 0.6) is 17.2 Å². The van der Waals surface area contributed by atoms with Crippen molar-refractivity contribution >= 4 is 127 Å². The van der Waals surface area contributed by atoms with Gasteiger partial charge in [0.25, 0.3) is 0 Å². The van der Waals surface area contributed by atoms with E-state index in [1.54, 1.807) is 33.5 Å². The van der Waals surface area contributed by atoms with E-state index in [1.165, 1.54) is 40.1 Å². The monoisotopic (exact) mass is 1510 g/mol. The number of para-hydroxylation sites is 6. The molecule has 6 heterocycles. The molecule has 0 saturated heterocycles. The van der Waals surface area contributed by atoms with Crippen molar-refractivity contribution in [2.45, 2.75) is 40.4 Å². The van der Waals surface area contributed by atoms with Crippen molar-refractivity contribution in [1.29, 1.82) is 0 Å². The molecule has 0 radical (unpaired) electrons. The van der Waals surface area contributed by atoms with Crippen molar-refractivity contribution in [3.05, 3.63) is 328 Å². The van der Waals surface area contributed by atoms with Gasteiger partial charge in [0.05, 0.1) is 75.2 Å². The van der Waals surface area contributed by atoms with Gasteiger partial charge in [0.1, 0.15) is 28.9 Å². The highest BCUT2D eigenvalue weighted by molar-refractivity contribution is 7.52. The van der Waals surface area contributed by atoms with Crippen LogP contribution in [0.15, 0.2) is 270 Å². The van der Waals surface area contributed by atoms with Crippen LogP contribution in [0.1, 0.15) is 66.8 Å². The number of nitrogen functional groups attached to an aromatic ring is 1. The van der Waals surface area contributed by atoms with Crippen LogP contribution in [-0.4, -0.2) is 78.7 Å². The summed E-state index contributed by atoms with van der Waals surface area (Å²) in [5.41, 5.74) is 30.4. The summed E-state index contributed by atoms with van der Waals surface area (Å²) in [5, 5.41) is 17.1. The van der Waals surface area contributed by atoms with Crippen LogP contribution in [0.4, 0.5) is 67.2 Å². The lowest BCUT2D eigenvalue weighted by molar-refractivity contribution is 0.416. The number of anilines is 11. The summed E-state index contributed by atoms with van der Waals surface area (Å²) in [6.45, 7) is 8.26. The Morgan fingerprint density at radius 1 is 0.355 bits per heavy atom. The van der Waals surface area contributed by atoms with Crippen LogP contribution in [0.25, 0.3) is 0 Å². The molecule has 15 rings (SSSR count). The van der Waals surface area contributed by atoms with Gasteiger partial charge in [-0.3, -0.25) is 15.0 Å². The molecule has 107 heavy (non-hydrogen) atoms. The van der Waals surface area contributed by atoms with Crippen LogP contribution in [0.3, 0.4) is 0 Å². The number of nitrogens with zero attached hydrogens (tertiary/aromatic N) is 6. The Hall–Kier alpha value is -12.7. The van der Waals surface area contributed by atoms with Gasteiger partial charge in [0.2, 0.25) is 5.95 Å². The summed E-state index contributed by atoms with van der Waals surface area (Å²) < 4.78 is 79.0. The second-order valence-corrected chi connectivity index (χ2v) is 23.8. The molecule has 0 saturated carbocycles. The van der Waals surface area contributed by atoms with Gasteiger partial charge in [-0.05, 0) is 194 Å². The molecule has 3 aliphatic heterocycles. The molecule has 0 fully saturated rings. The predicted molar refractivity (Wildman–Crippen MR) is 427 cm³/mol. The summed E-state index contributed by atoms with van der Waals surface area (Å²) in [4.78, 5) is 26.8. The molecular weight excluding hydrogens is 1440 g/mol. The topological polar surface area (TPSA) is 292 Å². The van der Waals surface area contributed by atoms with Crippen molar-refractivity contribution in [1.82, 2.24) is 15.0 Å². The maximum atomic E-state index is 13.4. The Balaban J connectivity index is 0.000000182. The number of nitrogens with two attached hydrogens (primary N) is 1. The van der Waals surface area contributed by atoms with Gasteiger partial charge in [-0.2, -0.15) is 29.6 Å². The Morgan fingerprint density at radius 2 is 0.673 bits per heavy atom. The average Bonchev–Trinajstić information content (AvgIpc) is 1.68. The first-order valence-electron chi connectivity index (χ1n) is 32.7. The molecule has 0 amide bonds. The number of pyridine rings is 3. The van der Waals surface area contributed by atoms with Crippen LogP contribution in [0.2, 0.25) is 0 Å². The van der Waals surface area contributed by atoms with E-state index < -0.39 is 40.7 Å². The first kappa shape index (κ1) is 80.0. The third kappa shape index (κ3) is 22.9. The fraction of sp³-hybridized carbons (Fsp3) is 0.111. The Kier molecular flexibility index (Phi) is 30.6. The largest absolute Gasteiger partial charge is 0.495 e. The third-order valence-electron chi connectivity index (χ3n) is 16.2. The second-order valence-electron chi connectivity index (χ2n) is 23.4. The number of fused-ring (bicyclic) bond motifs is 3. The molecule has 0 atom stereocenters. The van der Waals surface area contributed by atoms with E-state index in [0.717, 1.165) is 130 Å². The van der Waals surface area contributed by atoms with Gasteiger partial charge in [-0.25, -0.2) is 15.0 Å². The molecule has 21 nitrogen and oxygen atoms in total. The second kappa shape index (κ2) is 41.0. The van der Waals surface area contributed by atoms with Crippen LogP contribution in [-0.2, 0) is 54.3 Å². The highest BCUT2D eigenvalue weighted by Gasteiger charge is 2.22. The maximum absolute atomic E-state index is 13.4. The molecule has 12 aromatic rings. The smallest absolute Gasteiger partial charge is 0.335 e. The van der Waals surface area contributed by atoms with Gasteiger partial charge < -0.3 is 46.5 Å². The third-order valence-corrected chi connectivity index (χ3v) is 16.2. The highest BCUT2D eigenvalue weighted by atomic mass is 35.5. The molecule has 9 aromatic carbocycles. The number of aromatic nitrogens is 3. The van der Waals surface area contributed by atoms with Gasteiger partial charge in [-0.1, -0.05) is 91.0 Å². The van der Waals surface area contributed by atoms with Crippen molar-refractivity contribution in [2.75, 3.05) is 53.6 Å². The minimum atomic E-state index is -0.750. The lowest BCUT2D eigenvalue weighted by atomic mass is 10.00. The number of ether oxygens (including phenoxy) is 3. The summed E-state index contributed by atoms with van der Waals surface area (Å²) in [6.07, 6.45) is 5.09. The molecule has 3 aliphatic rings. The Bertz CT molecular complexity index is 5040. The zero-order valence-corrected chi connectivity index (χ0v) is 62.1. The minimum Gasteiger partial charge on any atom is -0.495 e. The minimum absolute atomic E-state index is 0. The molecule has 0 aliphatic carbocycles. The van der Waals surface area contributed by atoms with E-state index in [4.69, 9.17) is 55.2 Å². The quantitative estimate of drug-likeness (QED) is 0.0387. The van der Waals surface area contributed by atoms with Crippen molar-refractivity contribution in [3.8, 4) is 17.2 Å². The van der Waals surface area contributed by atoms with E-state index >= 15 is 0 Å². The van der Waals surface area contributed by atoms with E-state index in [2.05, 4.69) is 176 Å². The fourth-order valence-electron chi connectivity index (χ4n) is 11.5. The van der Waals surface area contributed by atoms with Crippen LogP contribution < -0.4 is 46.5 Å². The molecule has 0 spiro atoms. The molecule has 7 N–H and O–H groups in total. The molecule has 26 heteroatoms.